The predicted molar refractivity (Wildman–Crippen MR) is 236 cm³/mol. The Bertz CT molecular complexity index is 2360. The molecule has 1 saturated carbocycles. The molecule has 1 aliphatic carbocycles. The standard InChI is InChI=1S/C49H62N4O10/c1-8-22-62-29-53-37-24-38(59-5)35(23-34(37)47-18-21-52-19-13-17-46(10-3,40(47)52)42(63-30(4)54)49(58,41(47)53)44(56)61-7)48(43(55)60-6)26-31-25-45(57,9-2)28-51(27-31)20-16-33-32-14-11-12-15-36(32)50-39(33)48/h8,11-15,17,23-24,31,40-42,50,57-58H,1,9-10,16,18-22,25-29H2,2-7H3/t31-,40+,41-,42-,45-,46-,47-,48+,49-/m0/s1. The fourth-order valence-electron chi connectivity index (χ4n) is 13.7. The van der Waals surface area contributed by atoms with Gasteiger partial charge < -0.3 is 43.8 Å². The molecule has 3 N–H and O–H groups in total. The van der Waals surface area contributed by atoms with Gasteiger partial charge in [-0.2, -0.15) is 0 Å². The van der Waals surface area contributed by atoms with Crippen molar-refractivity contribution in [3.8, 4) is 5.75 Å². The average Bonchev–Trinajstić information content (AvgIpc) is 3.96. The number of aromatic amines is 1. The van der Waals surface area contributed by atoms with Gasteiger partial charge in [0, 0.05) is 83.9 Å². The number of esters is 3. The highest BCUT2D eigenvalue weighted by Gasteiger charge is 2.81. The SMILES string of the molecule is C=CCOCN1c2cc(OC)c([C@]3(C(=O)OC)C[C@H]4CN(CCc5c3[nH]c3ccccc53)C[C@](O)(CC)C4)cc2[C@@]23CCN4CC=C[C@@](CC)([C@@H]42)[C@H](OC(C)=O)[C@](O)(C(=O)OC)[C@@H]13. The third kappa shape index (κ3) is 6.03. The highest BCUT2D eigenvalue weighted by atomic mass is 16.6. The Labute approximate surface area is 369 Å². The second-order valence-corrected chi connectivity index (χ2v) is 18.9. The van der Waals surface area contributed by atoms with Crippen LogP contribution in [-0.4, -0.2) is 140 Å². The molecule has 10 atom stereocenters. The maximum atomic E-state index is 15.5. The zero-order chi connectivity index (χ0) is 44.7. The fourth-order valence-corrected chi connectivity index (χ4v) is 13.7. The summed E-state index contributed by atoms with van der Waals surface area (Å²) in [5, 5.41) is 26.7. The molecule has 5 aliphatic heterocycles. The molecule has 14 heteroatoms. The van der Waals surface area contributed by atoms with Crippen LogP contribution in [0.5, 0.6) is 5.75 Å². The Morgan fingerprint density at radius 3 is 2.46 bits per heavy atom. The number of benzene rings is 2. The third-order valence-electron chi connectivity index (χ3n) is 15.9. The van der Waals surface area contributed by atoms with Crippen LogP contribution in [0, 0.1) is 11.3 Å². The quantitative estimate of drug-likeness (QED) is 0.107. The van der Waals surface area contributed by atoms with Gasteiger partial charge in [-0.15, -0.1) is 6.58 Å². The normalized spacial score (nSPS) is 35.3. The van der Waals surface area contributed by atoms with Crippen LogP contribution < -0.4 is 9.64 Å². The largest absolute Gasteiger partial charge is 0.496 e. The van der Waals surface area contributed by atoms with Gasteiger partial charge in [0.05, 0.1) is 39.6 Å². The van der Waals surface area contributed by atoms with E-state index in [1.165, 1.54) is 21.1 Å². The smallest absolute Gasteiger partial charge is 0.344 e. The maximum absolute atomic E-state index is 15.5. The zero-order valence-electron chi connectivity index (χ0n) is 37.4. The number of hydrogen-bond donors (Lipinski definition) is 3. The molecule has 9 rings (SSSR count). The summed E-state index contributed by atoms with van der Waals surface area (Å²) in [7, 11) is 4.25. The summed E-state index contributed by atoms with van der Waals surface area (Å²) in [6.07, 6.45) is 7.29. The Morgan fingerprint density at radius 2 is 1.76 bits per heavy atom. The Hall–Kier alpha value is -4.73. The van der Waals surface area contributed by atoms with E-state index in [1.807, 2.05) is 55.2 Å². The van der Waals surface area contributed by atoms with E-state index >= 15 is 4.79 Å². The lowest BCUT2D eigenvalue weighted by Gasteiger charge is -2.63. The monoisotopic (exact) mass is 866 g/mol. The molecule has 0 radical (unpaired) electrons. The minimum Gasteiger partial charge on any atom is -0.496 e. The summed E-state index contributed by atoms with van der Waals surface area (Å²) in [6.45, 7) is 12.4. The molecule has 0 amide bonds. The molecule has 14 nitrogen and oxygen atoms in total. The van der Waals surface area contributed by atoms with Crippen molar-refractivity contribution in [1.82, 2.24) is 14.8 Å². The van der Waals surface area contributed by atoms with Crippen LogP contribution in [0.3, 0.4) is 0 Å². The first-order valence-corrected chi connectivity index (χ1v) is 22.5. The van der Waals surface area contributed by atoms with Gasteiger partial charge in [0.2, 0.25) is 5.60 Å². The first kappa shape index (κ1) is 43.5. The van der Waals surface area contributed by atoms with E-state index < -0.39 is 57.5 Å². The van der Waals surface area contributed by atoms with E-state index in [0.717, 1.165) is 27.7 Å². The number of aliphatic hydroxyl groups is 2. The number of ether oxygens (including phenoxy) is 5. The molecule has 6 aliphatic rings. The van der Waals surface area contributed by atoms with Gasteiger partial charge in [0.25, 0.3) is 0 Å². The number of piperidine rings is 1. The third-order valence-corrected chi connectivity index (χ3v) is 15.9. The number of nitrogens with one attached hydrogen (secondary N) is 1. The molecule has 3 fully saturated rings. The summed E-state index contributed by atoms with van der Waals surface area (Å²) in [6, 6.07) is 10.7. The Morgan fingerprint density at radius 1 is 0.984 bits per heavy atom. The molecule has 2 aromatic carbocycles. The van der Waals surface area contributed by atoms with E-state index in [9.17, 15) is 19.8 Å². The van der Waals surface area contributed by atoms with Crippen molar-refractivity contribution in [2.24, 2.45) is 11.3 Å². The lowest BCUT2D eigenvalue weighted by molar-refractivity contribution is -0.229. The number of fused-ring (bicyclic) bond motifs is 6. The van der Waals surface area contributed by atoms with Gasteiger partial charge in [0.15, 0.2) is 6.10 Å². The van der Waals surface area contributed by atoms with Crippen molar-refractivity contribution in [3.05, 3.63) is 83.6 Å². The Balaban J connectivity index is 1.38. The van der Waals surface area contributed by atoms with Crippen LogP contribution in [0.15, 0.2) is 61.2 Å². The van der Waals surface area contributed by atoms with Crippen molar-refractivity contribution in [2.75, 3.05) is 72.3 Å². The van der Waals surface area contributed by atoms with Gasteiger partial charge >= 0.3 is 17.9 Å². The number of rotatable bonds is 11. The molecular weight excluding hydrogens is 805 g/mol. The van der Waals surface area contributed by atoms with Crippen LogP contribution >= 0.6 is 0 Å². The first-order chi connectivity index (χ1) is 30.3. The van der Waals surface area contributed by atoms with Gasteiger partial charge in [-0.25, -0.2) is 4.79 Å². The highest BCUT2D eigenvalue weighted by Crippen LogP contribution is 2.68. The number of methoxy groups -OCH3 is 3. The van der Waals surface area contributed by atoms with Crippen LogP contribution in [0.25, 0.3) is 10.9 Å². The number of anilines is 1. The molecule has 1 spiro atoms. The number of carbonyl (C=O) groups excluding carboxylic acids is 3. The Kier molecular flexibility index (Phi) is 10.9. The van der Waals surface area contributed by atoms with Crippen LogP contribution in [0.1, 0.15) is 75.3 Å². The van der Waals surface area contributed by atoms with E-state index in [0.29, 0.717) is 88.2 Å². The topological polar surface area (TPSA) is 163 Å². The van der Waals surface area contributed by atoms with Crippen molar-refractivity contribution in [1.29, 1.82) is 0 Å². The molecular formula is C49H62N4O10. The lowest BCUT2D eigenvalue weighted by Crippen LogP contribution is -2.81. The van der Waals surface area contributed by atoms with Crippen LogP contribution in [0.2, 0.25) is 0 Å². The van der Waals surface area contributed by atoms with Crippen molar-refractivity contribution in [2.45, 2.75) is 99.5 Å². The number of H-pyrrole nitrogens is 1. The molecule has 338 valence electrons. The van der Waals surface area contributed by atoms with E-state index in [-0.39, 0.29) is 25.3 Å². The van der Waals surface area contributed by atoms with Crippen molar-refractivity contribution >= 4 is 34.5 Å². The van der Waals surface area contributed by atoms with Crippen LogP contribution in [-0.2, 0) is 50.6 Å². The predicted octanol–water partition coefficient (Wildman–Crippen LogP) is 4.52. The minimum absolute atomic E-state index is 0.0659. The summed E-state index contributed by atoms with van der Waals surface area (Å²) < 4.78 is 30.4. The molecule has 1 aromatic heterocycles. The molecule has 63 heavy (non-hydrogen) atoms. The summed E-state index contributed by atoms with van der Waals surface area (Å²) in [4.78, 5) is 53.7. The van der Waals surface area contributed by atoms with E-state index in [1.54, 1.807) is 13.2 Å². The van der Waals surface area contributed by atoms with Crippen molar-refractivity contribution in [3.63, 3.8) is 0 Å². The summed E-state index contributed by atoms with van der Waals surface area (Å²) in [5.41, 5.74) is -2.23. The zero-order valence-corrected chi connectivity index (χ0v) is 37.4. The highest BCUT2D eigenvalue weighted by molar-refractivity contribution is 5.95. The lowest BCUT2D eigenvalue weighted by atomic mass is 9.47. The molecule has 6 heterocycles. The first-order valence-electron chi connectivity index (χ1n) is 22.5. The van der Waals surface area contributed by atoms with E-state index in [2.05, 4.69) is 33.5 Å². The molecule has 2 bridgehead atoms. The van der Waals surface area contributed by atoms with Gasteiger partial charge in [-0.3, -0.25) is 19.4 Å². The second kappa shape index (κ2) is 15.8. The number of carbonyl (C=O) groups is 3. The number of hydrogen-bond acceptors (Lipinski definition) is 13. The number of aromatic nitrogens is 1. The number of para-hydroxylation sites is 1. The molecule has 2 saturated heterocycles. The maximum Gasteiger partial charge on any atom is 0.344 e. The van der Waals surface area contributed by atoms with Crippen LogP contribution in [0.4, 0.5) is 5.69 Å². The van der Waals surface area contributed by atoms with Gasteiger partial charge in [-0.1, -0.05) is 50.3 Å². The summed E-state index contributed by atoms with van der Waals surface area (Å²) in [5.74, 6) is -1.75. The van der Waals surface area contributed by atoms with E-state index in [4.69, 9.17) is 23.7 Å². The average molecular weight is 867 g/mol. The molecule has 3 aromatic rings. The molecule has 1 unspecified atom stereocenters. The van der Waals surface area contributed by atoms with Gasteiger partial charge in [-0.05, 0) is 74.2 Å². The summed E-state index contributed by atoms with van der Waals surface area (Å²) >= 11 is 0. The minimum atomic E-state index is -2.41. The second-order valence-electron chi connectivity index (χ2n) is 18.9. The van der Waals surface area contributed by atoms with Gasteiger partial charge in [0.1, 0.15) is 17.9 Å². The fraction of sp³-hybridized carbons (Fsp3) is 0.571. The van der Waals surface area contributed by atoms with Crippen molar-refractivity contribution < 1.29 is 48.3 Å². The number of nitrogens with zero attached hydrogens (tertiary/aromatic N) is 3.